The molecule has 0 radical (unpaired) electrons. The van der Waals surface area contributed by atoms with Crippen LogP contribution in [0.5, 0.6) is 0 Å². The minimum atomic E-state index is 0.145. The van der Waals surface area contributed by atoms with Gasteiger partial charge in [-0.2, -0.15) is 0 Å². The quantitative estimate of drug-likeness (QED) is 0.623. The lowest BCUT2D eigenvalue weighted by Gasteiger charge is -2.25. The van der Waals surface area contributed by atoms with Crippen molar-refractivity contribution in [3.8, 4) is 0 Å². The molecule has 1 heteroatoms. The molecule has 0 N–H and O–H groups in total. The average Bonchev–Trinajstić information content (AvgIpc) is 2.15. The third kappa shape index (κ3) is 3.35. The molecule has 0 unspecified atom stereocenters. The van der Waals surface area contributed by atoms with Crippen molar-refractivity contribution in [2.75, 3.05) is 0 Å². The molecule has 1 aromatic carbocycles. The Morgan fingerprint density at radius 2 is 1.88 bits per heavy atom. The molecule has 0 aromatic heterocycles. The standard InChI is InChI=1S/C16H23Cl/c1-7-8-12-9-15(17)13(11(2)3)10-14(12)16(4,5)6/h7,9-11H,1,8H2,2-6H3. The number of rotatable bonds is 3. The summed E-state index contributed by atoms with van der Waals surface area (Å²) in [6, 6.07) is 4.38. The maximum absolute atomic E-state index is 6.35. The molecule has 17 heavy (non-hydrogen) atoms. The Morgan fingerprint density at radius 3 is 2.29 bits per heavy atom. The Hall–Kier alpha value is -0.750. The molecule has 0 aliphatic rings. The molecule has 1 rings (SSSR count). The number of halogens is 1. The second-order valence-corrected chi connectivity index (χ2v) is 6.34. The Morgan fingerprint density at radius 1 is 1.29 bits per heavy atom. The van der Waals surface area contributed by atoms with Crippen LogP contribution in [0.25, 0.3) is 0 Å². The monoisotopic (exact) mass is 250 g/mol. The molecule has 0 saturated heterocycles. The fourth-order valence-electron chi connectivity index (χ4n) is 2.10. The zero-order valence-corrected chi connectivity index (χ0v) is 12.4. The van der Waals surface area contributed by atoms with Gasteiger partial charge in [0.05, 0.1) is 0 Å². The molecule has 0 aliphatic carbocycles. The van der Waals surface area contributed by atoms with E-state index in [1.807, 2.05) is 6.08 Å². The lowest BCUT2D eigenvalue weighted by molar-refractivity contribution is 0.582. The first-order chi connectivity index (χ1) is 7.77. The van der Waals surface area contributed by atoms with Gasteiger partial charge in [0.2, 0.25) is 0 Å². The molecule has 0 amide bonds. The predicted molar refractivity (Wildman–Crippen MR) is 78.1 cm³/mol. The molecule has 0 aliphatic heterocycles. The lowest BCUT2D eigenvalue weighted by atomic mass is 9.81. The van der Waals surface area contributed by atoms with Crippen molar-refractivity contribution in [1.29, 1.82) is 0 Å². The first-order valence-corrected chi connectivity index (χ1v) is 6.59. The third-order valence-electron chi connectivity index (χ3n) is 3.02. The summed E-state index contributed by atoms with van der Waals surface area (Å²) in [6.07, 6.45) is 2.82. The molecular weight excluding hydrogens is 228 g/mol. The van der Waals surface area contributed by atoms with Crippen LogP contribution in [0.4, 0.5) is 0 Å². The van der Waals surface area contributed by atoms with Gasteiger partial charge in [0.15, 0.2) is 0 Å². The fourth-order valence-corrected chi connectivity index (χ4v) is 2.50. The molecule has 0 heterocycles. The Bertz CT molecular complexity index is 408. The molecule has 0 atom stereocenters. The molecular formula is C16H23Cl. The van der Waals surface area contributed by atoms with E-state index in [0.717, 1.165) is 11.4 Å². The second kappa shape index (κ2) is 5.27. The minimum absolute atomic E-state index is 0.145. The molecule has 0 saturated carbocycles. The van der Waals surface area contributed by atoms with Crippen LogP contribution in [0.1, 0.15) is 57.2 Å². The van der Waals surface area contributed by atoms with Gasteiger partial charge in [-0.25, -0.2) is 0 Å². The van der Waals surface area contributed by atoms with E-state index in [2.05, 4.69) is 53.3 Å². The normalized spacial score (nSPS) is 11.9. The summed E-state index contributed by atoms with van der Waals surface area (Å²) < 4.78 is 0. The highest BCUT2D eigenvalue weighted by molar-refractivity contribution is 6.31. The first kappa shape index (κ1) is 14.3. The van der Waals surface area contributed by atoms with Crippen molar-refractivity contribution in [3.05, 3.63) is 46.5 Å². The smallest absolute Gasteiger partial charge is 0.0443 e. The maximum atomic E-state index is 6.35. The van der Waals surface area contributed by atoms with Crippen molar-refractivity contribution in [2.45, 2.75) is 52.4 Å². The average molecular weight is 251 g/mol. The third-order valence-corrected chi connectivity index (χ3v) is 3.34. The van der Waals surface area contributed by atoms with E-state index in [1.165, 1.54) is 16.7 Å². The van der Waals surface area contributed by atoms with Gasteiger partial charge in [-0.3, -0.25) is 0 Å². The van der Waals surface area contributed by atoms with Gasteiger partial charge in [0.1, 0.15) is 0 Å². The van der Waals surface area contributed by atoms with E-state index in [-0.39, 0.29) is 5.41 Å². The second-order valence-electron chi connectivity index (χ2n) is 5.93. The van der Waals surface area contributed by atoms with E-state index in [4.69, 9.17) is 11.6 Å². The summed E-state index contributed by atoms with van der Waals surface area (Å²) in [5, 5.41) is 0.879. The summed E-state index contributed by atoms with van der Waals surface area (Å²) in [4.78, 5) is 0. The van der Waals surface area contributed by atoms with Crippen LogP contribution in [0.3, 0.4) is 0 Å². The van der Waals surface area contributed by atoms with Crippen molar-refractivity contribution < 1.29 is 0 Å². The lowest BCUT2D eigenvalue weighted by Crippen LogP contribution is -2.15. The fraction of sp³-hybridized carbons (Fsp3) is 0.500. The number of hydrogen-bond donors (Lipinski definition) is 0. The highest BCUT2D eigenvalue weighted by Crippen LogP contribution is 2.34. The molecule has 1 aromatic rings. The van der Waals surface area contributed by atoms with Crippen molar-refractivity contribution in [2.24, 2.45) is 0 Å². The number of allylic oxidation sites excluding steroid dienone is 1. The van der Waals surface area contributed by atoms with Crippen LogP contribution in [0.2, 0.25) is 5.02 Å². The summed E-state index contributed by atoms with van der Waals surface area (Å²) in [5.74, 6) is 0.460. The van der Waals surface area contributed by atoms with E-state index in [1.54, 1.807) is 0 Å². The molecule has 0 spiro atoms. The van der Waals surface area contributed by atoms with Crippen LogP contribution in [0.15, 0.2) is 24.8 Å². The van der Waals surface area contributed by atoms with E-state index >= 15 is 0 Å². The zero-order valence-electron chi connectivity index (χ0n) is 11.6. The largest absolute Gasteiger partial charge is 0.103 e. The van der Waals surface area contributed by atoms with Gasteiger partial charge in [-0.05, 0) is 40.5 Å². The predicted octanol–water partition coefficient (Wildman–Crippen LogP) is 5.49. The molecule has 0 nitrogen and oxygen atoms in total. The highest BCUT2D eigenvalue weighted by Gasteiger charge is 2.20. The van der Waals surface area contributed by atoms with E-state index in [9.17, 15) is 0 Å². The van der Waals surface area contributed by atoms with Crippen molar-refractivity contribution in [1.82, 2.24) is 0 Å². The van der Waals surface area contributed by atoms with Crippen molar-refractivity contribution >= 4 is 11.6 Å². The molecule has 94 valence electrons. The Labute approximate surface area is 111 Å². The van der Waals surface area contributed by atoms with Crippen LogP contribution >= 0.6 is 11.6 Å². The van der Waals surface area contributed by atoms with Crippen LogP contribution in [-0.4, -0.2) is 0 Å². The van der Waals surface area contributed by atoms with Crippen LogP contribution in [0, 0.1) is 0 Å². The molecule has 0 bridgehead atoms. The van der Waals surface area contributed by atoms with Crippen LogP contribution < -0.4 is 0 Å². The van der Waals surface area contributed by atoms with Gasteiger partial charge in [0.25, 0.3) is 0 Å². The topological polar surface area (TPSA) is 0 Å². The van der Waals surface area contributed by atoms with Gasteiger partial charge < -0.3 is 0 Å². The summed E-state index contributed by atoms with van der Waals surface area (Å²) in [6.45, 7) is 14.9. The van der Waals surface area contributed by atoms with Gasteiger partial charge in [-0.15, -0.1) is 6.58 Å². The first-order valence-electron chi connectivity index (χ1n) is 6.21. The number of hydrogen-bond acceptors (Lipinski definition) is 0. The van der Waals surface area contributed by atoms with E-state index < -0.39 is 0 Å². The molecule has 0 fully saturated rings. The summed E-state index contributed by atoms with van der Waals surface area (Å²) in [5.41, 5.74) is 4.06. The summed E-state index contributed by atoms with van der Waals surface area (Å²) in [7, 11) is 0. The van der Waals surface area contributed by atoms with Crippen LogP contribution in [-0.2, 0) is 11.8 Å². The van der Waals surface area contributed by atoms with E-state index in [0.29, 0.717) is 5.92 Å². The number of benzene rings is 1. The minimum Gasteiger partial charge on any atom is -0.103 e. The SMILES string of the molecule is C=CCc1cc(Cl)c(C(C)C)cc1C(C)(C)C. The Balaban J connectivity index is 3.42. The Kier molecular flexibility index (Phi) is 4.43. The van der Waals surface area contributed by atoms with Gasteiger partial charge in [0, 0.05) is 5.02 Å². The zero-order chi connectivity index (χ0) is 13.2. The van der Waals surface area contributed by atoms with Gasteiger partial charge in [-0.1, -0.05) is 58.4 Å². The van der Waals surface area contributed by atoms with Gasteiger partial charge >= 0.3 is 0 Å². The highest BCUT2D eigenvalue weighted by atomic mass is 35.5. The van der Waals surface area contributed by atoms with Crippen molar-refractivity contribution in [3.63, 3.8) is 0 Å². The maximum Gasteiger partial charge on any atom is 0.0443 e. The summed E-state index contributed by atoms with van der Waals surface area (Å²) >= 11 is 6.35.